The smallest absolute Gasteiger partial charge is 0.413 e. The molecular formula is C20H22N5O3P. The number of para-hydroxylation sites is 1. The van der Waals surface area contributed by atoms with Gasteiger partial charge in [-0.1, -0.05) is 24.3 Å². The van der Waals surface area contributed by atoms with Crippen molar-refractivity contribution in [3.05, 3.63) is 78.5 Å². The van der Waals surface area contributed by atoms with E-state index in [1.807, 2.05) is 24.4 Å². The number of hydrogen-bond donors (Lipinski definition) is 2. The zero-order valence-electron chi connectivity index (χ0n) is 16.0. The Labute approximate surface area is 168 Å². The number of likely N-dealkylation sites (N-methyl/N-ethyl adjacent to an activating group) is 1. The lowest BCUT2D eigenvalue weighted by atomic mass is 10.1. The first kappa shape index (κ1) is 19.4. The van der Waals surface area contributed by atoms with Crippen LogP contribution in [0.1, 0.15) is 11.1 Å². The van der Waals surface area contributed by atoms with Crippen LogP contribution in [0.4, 0.5) is 0 Å². The van der Waals surface area contributed by atoms with Crippen LogP contribution in [-0.4, -0.2) is 42.9 Å². The van der Waals surface area contributed by atoms with Crippen molar-refractivity contribution in [2.45, 2.75) is 13.0 Å². The topological polar surface area (TPSA) is 96.3 Å². The first-order valence-corrected chi connectivity index (χ1v) is 10.7. The van der Waals surface area contributed by atoms with Gasteiger partial charge in [0.15, 0.2) is 0 Å². The van der Waals surface area contributed by atoms with E-state index < -0.39 is 7.75 Å². The molecule has 2 aromatic carbocycles. The molecule has 0 saturated heterocycles. The summed E-state index contributed by atoms with van der Waals surface area (Å²) in [7, 11) is -2.34. The van der Waals surface area contributed by atoms with Crippen LogP contribution >= 0.6 is 7.75 Å². The van der Waals surface area contributed by atoms with E-state index in [0.717, 1.165) is 22.0 Å². The second-order valence-corrected chi connectivity index (χ2v) is 8.66. The molecule has 2 heterocycles. The molecule has 1 atom stereocenters. The fourth-order valence-corrected chi connectivity index (χ4v) is 4.02. The summed E-state index contributed by atoms with van der Waals surface area (Å²) < 4.78 is 21.0. The highest BCUT2D eigenvalue weighted by Gasteiger charge is 2.27. The van der Waals surface area contributed by atoms with Gasteiger partial charge in [-0.3, -0.25) is 0 Å². The van der Waals surface area contributed by atoms with E-state index in [-0.39, 0.29) is 0 Å². The standard InChI is InChI=1S/C20H22N5O3P/c1-24(29(26,27)28-18-5-3-2-4-6-18)10-9-17-12-22-20-8-7-16(11-19(17)20)13-25-15-21-14-23-25/h2-8,11-12,14-15,22H,9-10,13H2,1H3,(H,26,27). The van der Waals surface area contributed by atoms with Crippen LogP contribution < -0.4 is 4.52 Å². The van der Waals surface area contributed by atoms with E-state index in [0.29, 0.717) is 25.3 Å². The van der Waals surface area contributed by atoms with Gasteiger partial charge in [-0.2, -0.15) is 5.10 Å². The molecule has 0 aliphatic heterocycles. The quantitative estimate of drug-likeness (QED) is 0.431. The highest BCUT2D eigenvalue weighted by atomic mass is 31.2. The number of fused-ring (bicyclic) bond motifs is 1. The van der Waals surface area contributed by atoms with Crippen molar-refractivity contribution < 1.29 is 14.0 Å². The van der Waals surface area contributed by atoms with Gasteiger partial charge in [-0.15, -0.1) is 0 Å². The minimum absolute atomic E-state index is 0.370. The maximum atomic E-state index is 12.6. The summed E-state index contributed by atoms with van der Waals surface area (Å²) in [5.41, 5.74) is 3.21. The van der Waals surface area contributed by atoms with Gasteiger partial charge >= 0.3 is 7.75 Å². The normalized spacial score (nSPS) is 13.6. The molecule has 0 saturated carbocycles. The van der Waals surface area contributed by atoms with Gasteiger partial charge in [-0.25, -0.2) is 18.9 Å². The molecule has 0 aliphatic carbocycles. The van der Waals surface area contributed by atoms with Crippen LogP contribution in [0, 0.1) is 0 Å². The lowest BCUT2D eigenvalue weighted by molar-refractivity contribution is 0.300. The molecule has 2 aromatic heterocycles. The fourth-order valence-electron chi connectivity index (χ4n) is 3.13. The third kappa shape index (κ3) is 4.56. The van der Waals surface area contributed by atoms with Gasteiger partial charge in [0.25, 0.3) is 0 Å². The first-order chi connectivity index (χ1) is 14.0. The highest BCUT2D eigenvalue weighted by molar-refractivity contribution is 7.50. The third-order valence-electron chi connectivity index (χ3n) is 4.75. The summed E-state index contributed by atoms with van der Waals surface area (Å²) in [4.78, 5) is 17.5. The van der Waals surface area contributed by atoms with Gasteiger partial charge in [0.1, 0.15) is 18.4 Å². The van der Waals surface area contributed by atoms with E-state index >= 15 is 0 Å². The monoisotopic (exact) mass is 411 g/mol. The summed E-state index contributed by atoms with van der Waals surface area (Å²) in [6.45, 7) is 1.01. The summed E-state index contributed by atoms with van der Waals surface area (Å²) in [5, 5.41) is 5.23. The van der Waals surface area contributed by atoms with Gasteiger partial charge in [-0.05, 0) is 48.9 Å². The summed E-state index contributed by atoms with van der Waals surface area (Å²) in [6, 6.07) is 14.9. The second kappa shape index (κ2) is 8.21. The molecular weight excluding hydrogens is 389 g/mol. The highest BCUT2D eigenvalue weighted by Crippen LogP contribution is 2.45. The Morgan fingerprint density at radius 1 is 1.24 bits per heavy atom. The number of aromatic nitrogens is 4. The Morgan fingerprint density at radius 3 is 2.83 bits per heavy atom. The predicted molar refractivity (Wildman–Crippen MR) is 111 cm³/mol. The van der Waals surface area contributed by atoms with Crippen LogP contribution in [0.2, 0.25) is 0 Å². The number of H-pyrrole nitrogens is 1. The average Bonchev–Trinajstić information content (AvgIpc) is 3.36. The Balaban J connectivity index is 1.45. The molecule has 4 aromatic rings. The van der Waals surface area contributed by atoms with Crippen molar-refractivity contribution in [3.63, 3.8) is 0 Å². The molecule has 0 bridgehead atoms. The zero-order chi connectivity index (χ0) is 20.3. The average molecular weight is 411 g/mol. The number of nitrogens with one attached hydrogen (secondary N) is 1. The van der Waals surface area contributed by atoms with Crippen molar-refractivity contribution in [2.24, 2.45) is 0 Å². The van der Waals surface area contributed by atoms with Crippen molar-refractivity contribution in [2.75, 3.05) is 13.6 Å². The zero-order valence-corrected chi connectivity index (χ0v) is 16.9. The Morgan fingerprint density at radius 2 is 2.07 bits per heavy atom. The van der Waals surface area contributed by atoms with Crippen molar-refractivity contribution in [1.82, 2.24) is 24.4 Å². The molecule has 4 rings (SSSR count). The van der Waals surface area contributed by atoms with Crippen LogP contribution in [0.25, 0.3) is 10.9 Å². The van der Waals surface area contributed by atoms with E-state index in [4.69, 9.17) is 4.52 Å². The number of benzene rings is 2. The fraction of sp³-hybridized carbons (Fsp3) is 0.200. The maximum absolute atomic E-state index is 12.6. The third-order valence-corrected chi connectivity index (χ3v) is 6.26. The summed E-state index contributed by atoms with van der Waals surface area (Å²) in [5.74, 6) is 0.370. The molecule has 150 valence electrons. The molecule has 0 radical (unpaired) electrons. The second-order valence-electron chi connectivity index (χ2n) is 6.81. The van der Waals surface area contributed by atoms with Crippen LogP contribution in [-0.2, 0) is 17.5 Å². The van der Waals surface area contributed by atoms with Gasteiger partial charge in [0.05, 0.1) is 6.54 Å². The molecule has 8 nitrogen and oxygen atoms in total. The summed E-state index contributed by atoms with van der Waals surface area (Å²) >= 11 is 0. The van der Waals surface area contributed by atoms with Crippen molar-refractivity contribution in [3.8, 4) is 5.75 Å². The Hall–Kier alpha value is -2.93. The Kier molecular flexibility index (Phi) is 5.49. The molecule has 0 amide bonds. The lowest BCUT2D eigenvalue weighted by Gasteiger charge is -2.22. The maximum Gasteiger partial charge on any atom is 0.458 e. The minimum Gasteiger partial charge on any atom is -0.413 e. The molecule has 0 spiro atoms. The van der Waals surface area contributed by atoms with Crippen LogP contribution in [0.3, 0.4) is 0 Å². The van der Waals surface area contributed by atoms with Gasteiger partial charge < -0.3 is 14.4 Å². The lowest BCUT2D eigenvalue weighted by Crippen LogP contribution is -2.20. The molecule has 0 fully saturated rings. The summed E-state index contributed by atoms with van der Waals surface area (Å²) in [6.07, 6.45) is 5.74. The van der Waals surface area contributed by atoms with Crippen LogP contribution in [0.15, 0.2) is 67.4 Å². The molecule has 0 aliphatic rings. The number of nitrogens with zero attached hydrogens (tertiary/aromatic N) is 4. The number of hydrogen-bond acceptors (Lipinski definition) is 4. The first-order valence-electron chi connectivity index (χ1n) is 9.21. The van der Waals surface area contributed by atoms with Gasteiger partial charge in [0.2, 0.25) is 0 Å². The van der Waals surface area contributed by atoms with Gasteiger partial charge in [0, 0.05) is 23.6 Å². The SMILES string of the molecule is CN(CCc1c[nH]c2ccc(Cn3cncn3)cc12)P(=O)(O)Oc1ccccc1. The van der Waals surface area contributed by atoms with Crippen molar-refractivity contribution in [1.29, 1.82) is 0 Å². The Bertz CT molecular complexity index is 1130. The van der Waals surface area contributed by atoms with Crippen LogP contribution in [0.5, 0.6) is 5.75 Å². The van der Waals surface area contributed by atoms with E-state index in [1.165, 1.54) is 11.0 Å². The number of rotatable bonds is 8. The molecule has 29 heavy (non-hydrogen) atoms. The predicted octanol–water partition coefficient (Wildman–Crippen LogP) is 3.46. The largest absolute Gasteiger partial charge is 0.458 e. The molecule has 9 heteroatoms. The number of aromatic amines is 1. The molecule has 2 N–H and O–H groups in total. The van der Waals surface area contributed by atoms with Crippen molar-refractivity contribution >= 4 is 18.6 Å². The van der Waals surface area contributed by atoms with E-state index in [1.54, 1.807) is 42.3 Å². The van der Waals surface area contributed by atoms with E-state index in [9.17, 15) is 9.46 Å². The minimum atomic E-state index is -3.93. The molecule has 1 unspecified atom stereocenters. The van der Waals surface area contributed by atoms with E-state index in [2.05, 4.69) is 21.1 Å².